The van der Waals surface area contributed by atoms with E-state index in [4.69, 9.17) is 4.42 Å². The van der Waals surface area contributed by atoms with Crippen molar-refractivity contribution in [2.45, 2.75) is 19.8 Å². The fourth-order valence-corrected chi connectivity index (χ4v) is 4.34. The number of anilines is 1. The second-order valence-corrected chi connectivity index (χ2v) is 7.89. The number of hydrogen-bond donors (Lipinski definition) is 0. The second-order valence-electron chi connectivity index (χ2n) is 7.89. The first-order chi connectivity index (χ1) is 15.5. The Bertz CT molecular complexity index is 1430. The smallest absolute Gasteiger partial charge is 0.262 e. The van der Waals surface area contributed by atoms with Crippen molar-refractivity contribution >= 4 is 22.6 Å². The molecule has 0 bridgehead atoms. The Morgan fingerprint density at radius 3 is 2.59 bits per heavy atom. The molecule has 0 fully saturated rings. The summed E-state index contributed by atoms with van der Waals surface area (Å²) in [6.07, 6.45) is 1.06. The molecule has 0 aliphatic carbocycles. The average molecular weight is 431 g/mol. The summed E-state index contributed by atoms with van der Waals surface area (Å²) in [6.45, 7) is 1.97. The molecular weight excluding hydrogens is 412 g/mol. The highest BCUT2D eigenvalue weighted by atomic mass is 19.1. The van der Waals surface area contributed by atoms with Gasteiger partial charge in [0.25, 0.3) is 5.91 Å². The van der Waals surface area contributed by atoms with E-state index in [9.17, 15) is 18.4 Å². The topological polar surface area (TPSA) is 50.5 Å². The first-order valence-corrected chi connectivity index (χ1v) is 10.4. The summed E-state index contributed by atoms with van der Waals surface area (Å²) in [4.78, 5) is 27.9. The molecule has 32 heavy (non-hydrogen) atoms. The lowest BCUT2D eigenvalue weighted by Crippen LogP contribution is -2.36. The Hall–Kier alpha value is -3.80. The molecule has 0 spiro atoms. The van der Waals surface area contributed by atoms with Crippen molar-refractivity contribution in [1.29, 1.82) is 0 Å². The van der Waals surface area contributed by atoms with Crippen LogP contribution in [0.3, 0.4) is 0 Å². The zero-order valence-corrected chi connectivity index (χ0v) is 17.3. The Morgan fingerprint density at radius 1 is 1.03 bits per heavy atom. The highest BCUT2D eigenvalue weighted by Crippen LogP contribution is 2.34. The second kappa shape index (κ2) is 7.71. The lowest BCUT2D eigenvalue weighted by molar-refractivity contribution is 0.0984. The highest BCUT2D eigenvalue weighted by Gasteiger charge is 2.29. The van der Waals surface area contributed by atoms with Crippen molar-refractivity contribution in [1.82, 2.24) is 0 Å². The van der Waals surface area contributed by atoms with Crippen molar-refractivity contribution in [3.05, 3.63) is 99.2 Å². The van der Waals surface area contributed by atoms with E-state index in [1.54, 1.807) is 25.1 Å². The molecule has 0 saturated carbocycles. The van der Waals surface area contributed by atoms with Crippen LogP contribution in [0.1, 0.15) is 27.9 Å². The summed E-state index contributed by atoms with van der Waals surface area (Å²) in [5.74, 6) is -1.56. The van der Waals surface area contributed by atoms with Gasteiger partial charge in [-0.15, -0.1) is 0 Å². The normalized spacial score (nSPS) is 13.3. The molecule has 1 amide bonds. The van der Waals surface area contributed by atoms with Crippen LogP contribution in [-0.4, -0.2) is 12.5 Å². The van der Waals surface area contributed by atoms with Gasteiger partial charge in [0.2, 0.25) is 0 Å². The standard InChI is InChI=1S/C26H19F2NO3/c1-15-23(30)19-10-5-11-20(25(19)32-24(15)16-7-3-2-4-8-16)26(31)29-12-6-9-17-13-18(27)14-21(28)22(17)29/h2-5,7-8,10-11,13-14H,6,9,12H2,1H3. The number of carbonyl (C=O) groups is 1. The summed E-state index contributed by atoms with van der Waals surface area (Å²) >= 11 is 0. The van der Waals surface area contributed by atoms with Crippen LogP contribution in [0.4, 0.5) is 14.5 Å². The molecule has 3 aromatic carbocycles. The minimum atomic E-state index is -0.782. The minimum Gasteiger partial charge on any atom is -0.455 e. The maximum Gasteiger partial charge on any atom is 0.262 e. The van der Waals surface area contributed by atoms with Gasteiger partial charge in [0.15, 0.2) is 11.0 Å². The Balaban J connectivity index is 1.70. The van der Waals surface area contributed by atoms with Crippen molar-refractivity contribution in [3.8, 4) is 11.3 Å². The van der Waals surface area contributed by atoms with Gasteiger partial charge in [-0.2, -0.15) is 0 Å². The quantitative estimate of drug-likeness (QED) is 0.413. The predicted octanol–water partition coefficient (Wildman–Crippen LogP) is 5.64. The van der Waals surface area contributed by atoms with Gasteiger partial charge in [0.1, 0.15) is 17.4 Å². The van der Waals surface area contributed by atoms with Crippen LogP contribution in [-0.2, 0) is 6.42 Å². The van der Waals surface area contributed by atoms with E-state index < -0.39 is 17.5 Å². The maximum atomic E-state index is 14.7. The number of nitrogens with zero attached hydrogens (tertiary/aromatic N) is 1. The molecule has 1 aliphatic rings. The molecule has 5 rings (SSSR count). The van der Waals surface area contributed by atoms with Crippen molar-refractivity contribution in [2.24, 2.45) is 0 Å². The Labute approximate surface area is 182 Å². The van der Waals surface area contributed by atoms with Crippen LogP contribution in [0.25, 0.3) is 22.3 Å². The summed E-state index contributed by atoms with van der Waals surface area (Å²) in [6, 6.07) is 16.0. The number of rotatable bonds is 2. The van der Waals surface area contributed by atoms with Crippen molar-refractivity contribution in [2.75, 3.05) is 11.4 Å². The number of amides is 1. The monoisotopic (exact) mass is 431 g/mol. The first-order valence-electron chi connectivity index (χ1n) is 10.4. The number of halogens is 2. The van der Waals surface area contributed by atoms with Crippen LogP contribution in [0.5, 0.6) is 0 Å². The van der Waals surface area contributed by atoms with E-state index in [0.29, 0.717) is 29.7 Å². The average Bonchev–Trinajstić information content (AvgIpc) is 2.80. The van der Waals surface area contributed by atoms with Gasteiger partial charge in [0.05, 0.1) is 16.6 Å². The number of aryl methyl sites for hydroxylation is 1. The van der Waals surface area contributed by atoms with Gasteiger partial charge in [0, 0.05) is 23.7 Å². The highest BCUT2D eigenvalue weighted by molar-refractivity contribution is 6.13. The minimum absolute atomic E-state index is 0.0809. The van der Waals surface area contributed by atoms with E-state index in [-0.39, 0.29) is 34.2 Å². The molecule has 4 aromatic rings. The van der Waals surface area contributed by atoms with Crippen molar-refractivity contribution < 1.29 is 18.0 Å². The van der Waals surface area contributed by atoms with E-state index in [0.717, 1.165) is 11.6 Å². The molecule has 0 N–H and O–H groups in total. The summed E-state index contributed by atoms with van der Waals surface area (Å²) in [5, 5.41) is 0.282. The van der Waals surface area contributed by atoms with E-state index in [2.05, 4.69) is 0 Å². The molecule has 160 valence electrons. The Morgan fingerprint density at radius 2 is 1.81 bits per heavy atom. The van der Waals surface area contributed by atoms with E-state index in [1.807, 2.05) is 30.3 Å². The molecule has 6 heteroatoms. The van der Waals surface area contributed by atoms with Crippen LogP contribution < -0.4 is 10.3 Å². The zero-order chi connectivity index (χ0) is 22.4. The van der Waals surface area contributed by atoms with Crippen LogP contribution in [0, 0.1) is 18.6 Å². The van der Waals surface area contributed by atoms with Crippen LogP contribution in [0.2, 0.25) is 0 Å². The molecule has 4 nitrogen and oxygen atoms in total. The van der Waals surface area contributed by atoms with Gasteiger partial charge in [-0.05, 0) is 43.5 Å². The Kier molecular flexibility index (Phi) is 4.85. The zero-order valence-electron chi connectivity index (χ0n) is 17.3. The van der Waals surface area contributed by atoms with Gasteiger partial charge >= 0.3 is 0 Å². The largest absolute Gasteiger partial charge is 0.455 e. The summed E-state index contributed by atoms with van der Waals surface area (Å²) < 4.78 is 34.5. The third-order valence-corrected chi connectivity index (χ3v) is 5.86. The number of para-hydroxylation sites is 1. The van der Waals surface area contributed by atoms with Gasteiger partial charge in [-0.3, -0.25) is 9.59 Å². The molecule has 0 saturated heterocycles. The number of fused-ring (bicyclic) bond motifs is 2. The summed E-state index contributed by atoms with van der Waals surface area (Å²) in [7, 11) is 0. The number of hydrogen-bond acceptors (Lipinski definition) is 3. The molecule has 1 aliphatic heterocycles. The van der Waals surface area contributed by atoms with Gasteiger partial charge in [-0.25, -0.2) is 8.78 Å². The van der Waals surface area contributed by atoms with Crippen LogP contribution in [0.15, 0.2) is 69.9 Å². The third-order valence-electron chi connectivity index (χ3n) is 5.86. The SMILES string of the molecule is Cc1c(-c2ccccc2)oc2c(C(=O)N3CCCc4cc(F)cc(F)c43)cccc2c1=O. The molecular formula is C26H19F2NO3. The van der Waals surface area contributed by atoms with Crippen LogP contribution >= 0.6 is 0 Å². The molecule has 2 heterocycles. The number of carbonyl (C=O) groups excluding carboxylic acids is 1. The van der Waals surface area contributed by atoms with Gasteiger partial charge in [-0.1, -0.05) is 36.4 Å². The lowest BCUT2D eigenvalue weighted by Gasteiger charge is -2.30. The van der Waals surface area contributed by atoms with Crippen molar-refractivity contribution in [3.63, 3.8) is 0 Å². The lowest BCUT2D eigenvalue weighted by atomic mass is 9.99. The molecule has 0 atom stereocenters. The molecule has 0 unspecified atom stereocenters. The third kappa shape index (κ3) is 3.19. The van der Waals surface area contributed by atoms with Gasteiger partial charge < -0.3 is 9.32 Å². The maximum absolute atomic E-state index is 14.7. The predicted molar refractivity (Wildman–Crippen MR) is 119 cm³/mol. The fraction of sp³-hybridized carbons (Fsp3) is 0.154. The van der Waals surface area contributed by atoms with E-state index in [1.165, 1.54) is 11.0 Å². The first kappa shape index (κ1) is 20.1. The van der Waals surface area contributed by atoms with E-state index >= 15 is 0 Å². The summed E-state index contributed by atoms with van der Waals surface area (Å²) in [5.41, 5.74) is 1.78. The number of benzene rings is 3. The molecule has 1 aromatic heterocycles. The molecule has 0 radical (unpaired) electrons. The fourth-order valence-electron chi connectivity index (χ4n) is 4.34.